The number of aliphatic hydroxyl groups excluding tert-OH is 1. The Labute approximate surface area is 100 Å². The first-order valence-electron chi connectivity index (χ1n) is 6.13. The number of hydrogen-bond donors (Lipinski definition) is 1. The Hall–Kier alpha value is -1.36. The monoisotopic (exact) mass is 238 g/mol. The molecule has 0 saturated heterocycles. The van der Waals surface area contributed by atoms with Crippen LogP contribution < -0.4 is 0 Å². The normalized spacial score (nSPS) is 14.9. The molecule has 0 radical (unpaired) electrons. The second-order valence-corrected chi connectivity index (χ2v) is 4.35. The van der Waals surface area contributed by atoms with E-state index in [2.05, 4.69) is 5.16 Å². The minimum atomic E-state index is -0.114. The minimum Gasteiger partial charge on any atom is -0.396 e. The van der Waals surface area contributed by atoms with E-state index in [0.29, 0.717) is 31.1 Å². The summed E-state index contributed by atoms with van der Waals surface area (Å²) in [5.74, 6) is 1.18. The Balaban J connectivity index is 2.00. The summed E-state index contributed by atoms with van der Waals surface area (Å²) in [6, 6.07) is 1.75. The van der Waals surface area contributed by atoms with Crippen LogP contribution in [0.15, 0.2) is 10.6 Å². The number of amides is 1. The van der Waals surface area contributed by atoms with Gasteiger partial charge >= 0.3 is 0 Å². The number of nitrogens with zero attached hydrogens (tertiary/aromatic N) is 2. The van der Waals surface area contributed by atoms with E-state index in [4.69, 9.17) is 9.63 Å². The highest BCUT2D eigenvalue weighted by atomic mass is 16.5. The van der Waals surface area contributed by atoms with Crippen LogP contribution in [0.5, 0.6) is 0 Å². The van der Waals surface area contributed by atoms with E-state index < -0.39 is 0 Å². The summed E-state index contributed by atoms with van der Waals surface area (Å²) < 4.78 is 5.16. The molecular weight excluding hydrogens is 220 g/mol. The van der Waals surface area contributed by atoms with Crippen molar-refractivity contribution in [1.82, 2.24) is 10.1 Å². The van der Waals surface area contributed by atoms with Gasteiger partial charge in [0.1, 0.15) is 5.76 Å². The Morgan fingerprint density at radius 3 is 3.00 bits per heavy atom. The van der Waals surface area contributed by atoms with E-state index in [0.717, 1.165) is 18.6 Å². The van der Waals surface area contributed by atoms with Gasteiger partial charge in [-0.05, 0) is 26.2 Å². The number of carbonyl (C=O) groups excluding carboxylic acids is 1. The van der Waals surface area contributed by atoms with E-state index in [-0.39, 0.29) is 12.5 Å². The van der Waals surface area contributed by atoms with Crippen molar-refractivity contribution in [3.05, 3.63) is 17.5 Å². The molecule has 1 heterocycles. The lowest BCUT2D eigenvalue weighted by atomic mass is 10.2. The zero-order valence-electron chi connectivity index (χ0n) is 10.1. The first-order valence-corrected chi connectivity index (χ1v) is 6.13. The standard InChI is InChI=1S/C12H18N2O3/c1-2-14(6-3-7-15)12(16)10-8-11(17-13-10)9-4-5-9/h8-9,15H,2-7H2,1H3. The van der Waals surface area contributed by atoms with Gasteiger partial charge in [0.25, 0.3) is 5.91 Å². The third-order valence-electron chi connectivity index (χ3n) is 2.98. The molecule has 0 aromatic carbocycles. The molecule has 17 heavy (non-hydrogen) atoms. The number of aromatic nitrogens is 1. The highest BCUT2D eigenvalue weighted by molar-refractivity contribution is 5.92. The van der Waals surface area contributed by atoms with Gasteiger partial charge in [-0.25, -0.2) is 0 Å². The molecular formula is C12H18N2O3. The van der Waals surface area contributed by atoms with E-state index in [1.165, 1.54) is 0 Å². The zero-order chi connectivity index (χ0) is 12.3. The molecule has 1 aromatic rings. The van der Waals surface area contributed by atoms with Crippen molar-refractivity contribution >= 4 is 5.91 Å². The van der Waals surface area contributed by atoms with E-state index >= 15 is 0 Å². The smallest absolute Gasteiger partial charge is 0.276 e. The fourth-order valence-corrected chi connectivity index (χ4v) is 1.78. The molecule has 0 bridgehead atoms. The third-order valence-corrected chi connectivity index (χ3v) is 2.98. The quantitative estimate of drug-likeness (QED) is 0.813. The summed E-state index contributed by atoms with van der Waals surface area (Å²) in [5, 5.41) is 12.6. The molecule has 1 fully saturated rings. The number of rotatable bonds is 6. The molecule has 1 amide bonds. The fourth-order valence-electron chi connectivity index (χ4n) is 1.78. The molecule has 1 aliphatic rings. The van der Waals surface area contributed by atoms with Crippen molar-refractivity contribution in [1.29, 1.82) is 0 Å². The van der Waals surface area contributed by atoms with E-state index in [9.17, 15) is 4.79 Å². The largest absolute Gasteiger partial charge is 0.396 e. The lowest BCUT2D eigenvalue weighted by molar-refractivity contribution is 0.0744. The molecule has 1 aromatic heterocycles. The van der Waals surface area contributed by atoms with Crippen molar-refractivity contribution in [2.75, 3.05) is 19.7 Å². The first kappa shape index (κ1) is 12.1. The molecule has 0 atom stereocenters. The Bertz CT molecular complexity index is 385. The second-order valence-electron chi connectivity index (χ2n) is 4.35. The van der Waals surface area contributed by atoms with Crippen LogP contribution in [0.4, 0.5) is 0 Å². The van der Waals surface area contributed by atoms with Crippen LogP contribution in [0.3, 0.4) is 0 Å². The molecule has 1 aliphatic carbocycles. The summed E-state index contributed by atoms with van der Waals surface area (Å²) in [5.41, 5.74) is 0.381. The summed E-state index contributed by atoms with van der Waals surface area (Å²) >= 11 is 0. The summed E-state index contributed by atoms with van der Waals surface area (Å²) in [6.45, 7) is 3.18. The summed E-state index contributed by atoms with van der Waals surface area (Å²) in [4.78, 5) is 13.7. The number of aliphatic hydroxyl groups is 1. The fraction of sp³-hybridized carbons (Fsp3) is 0.667. The van der Waals surface area contributed by atoms with Crippen molar-refractivity contribution in [3.8, 4) is 0 Å². The van der Waals surface area contributed by atoms with Gasteiger partial charge in [-0.2, -0.15) is 0 Å². The third kappa shape index (κ3) is 2.85. The van der Waals surface area contributed by atoms with Gasteiger partial charge < -0.3 is 14.5 Å². The lowest BCUT2D eigenvalue weighted by Gasteiger charge is -2.18. The molecule has 94 valence electrons. The molecule has 1 N–H and O–H groups in total. The van der Waals surface area contributed by atoms with E-state index in [1.807, 2.05) is 6.92 Å². The van der Waals surface area contributed by atoms with Crippen molar-refractivity contribution in [2.24, 2.45) is 0 Å². The summed E-state index contributed by atoms with van der Waals surface area (Å²) in [7, 11) is 0. The highest BCUT2D eigenvalue weighted by Gasteiger charge is 2.29. The predicted molar refractivity (Wildman–Crippen MR) is 61.8 cm³/mol. The van der Waals surface area contributed by atoms with Crippen molar-refractivity contribution < 1.29 is 14.4 Å². The Kier molecular flexibility index (Phi) is 3.78. The molecule has 0 unspecified atom stereocenters. The molecule has 1 saturated carbocycles. The van der Waals surface area contributed by atoms with Gasteiger partial charge in [0.15, 0.2) is 5.69 Å². The van der Waals surface area contributed by atoms with Crippen LogP contribution in [0.25, 0.3) is 0 Å². The first-order chi connectivity index (χ1) is 8.26. The van der Waals surface area contributed by atoms with Crippen LogP contribution in [-0.4, -0.2) is 40.8 Å². The number of carbonyl (C=O) groups is 1. The average Bonchev–Trinajstić information content (AvgIpc) is 3.08. The molecule has 2 rings (SSSR count). The SMILES string of the molecule is CCN(CCCO)C(=O)c1cc(C2CC2)on1. The highest BCUT2D eigenvalue weighted by Crippen LogP contribution is 2.40. The zero-order valence-corrected chi connectivity index (χ0v) is 10.1. The molecule has 0 spiro atoms. The van der Waals surface area contributed by atoms with Gasteiger partial charge in [0.05, 0.1) is 0 Å². The van der Waals surface area contributed by atoms with Crippen LogP contribution in [0.1, 0.15) is 48.4 Å². The van der Waals surface area contributed by atoms with Crippen LogP contribution in [0, 0.1) is 0 Å². The van der Waals surface area contributed by atoms with Gasteiger partial charge in [-0.1, -0.05) is 5.16 Å². The minimum absolute atomic E-state index is 0.0932. The van der Waals surface area contributed by atoms with Crippen molar-refractivity contribution in [3.63, 3.8) is 0 Å². The van der Waals surface area contributed by atoms with Gasteiger partial charge in [0.2, 0.25) is 0 Å². The average molecular weight is 238 g/mol. The maximum atomic E-state index is 12.1. The van der Waals surface area contributed by atoms with E-state index in [1.54, 1.807) is 11.0 Å². The Morgan fingerprint density at radius 2 is 2.41 bits per heavy atom. The van der Waals surface area contributed by atoms with Gasteiger partial charge in [-0.15, -0.1) is 0 Å². The summed E-state index contributed by atoms with van der Waals surface area (Å²) in [6.07, 6.45) is 2.85. The molecule has 5 heteroatoms. The maximum Gasteiger partial charge on any atom is 0.276 e. The van der Waals surface area contributed by atoms with Crippen LogP contribution in [-0.2, 0) is 0 Å². The van der Waals surface area contributed by atoms with Gasteiger partial charge in [-0.3, -0.25) is 4.79 Å². The Morgan fingerprint density at radius 1 is 1.65 bits per heavy atom. The second kappa shape index (κ2) is 5.31. The maximum absolute atomic E-state index is 12.1. The predicted octanol–water partition coefficient (Wildman–Crippen LogP) is 1.40. The molecule has 5 nitrogen and oxygen atoms in total. The lowest BCUT2D eigenvalue weighted by Crippen LogP contribution is -2.32. The number of hydrogen-bond acceptors (Lipinski definition) is 4. The molecule has 0 aliphatic heterocycles. The topological polar surface area (TPSA) is 66.6 Å². The van der Waals surface area contributed by atoms with Crippen LogP contribution >= 0.6 is 0 Å². The van der Waals surface area contributed by atoms with Gasteiger partial charge in [0, 0.05) is 31.7 Å². The van der Waals surface area contributed by atoms with Crippen molar-refractivity contribution in [2.45, 2.75) is 32.1 Å². The van der Waals surface area contributed by atoms with Crippen LogP contribution in [0.2, 0.25) is 0 Å².